The summed E-state index contributed by atoms with van der Waals surface area (Å²) in [5.74, 6) is -0.225. The maximum atomic E-state index is 11.2. The van der Waals surface area contributed by atoms with Crippen molar-refractivity contribution in [2.75, 3.05) is 6.61 Å². The molecule has 6 heteroatoms. The van der Waals surface area contributed by atoms with Gasteiger partial charge < -0.3 is 18.9 Å². The van der Waals surface area contributed by atoms with Crippen molar-refractivity contribution in [1.29, 1.82) is 0 Å². The molecule has 0 N–H and O–H groups in total. The molecule has 0 bridgehead atoms. The summed E-state index contributed by atoms with van der Waals surface area (Å²) < 4.78 is 21.9. The lowest BCUT2D eigenvalue weighted by molar-refractivity contribution is -0.178. The van der Waals surface area contributed by atoms with Crippen LogP contribution in [0, 0.1) is 0 Å². The van der Waals surface area contributed by atoms with Crippen LogP contribution >= 0.6 is 0 Å². The molecule has 0 radical (unpaired) electrons. The van der Waals surface area contributed by atoms with E-state index in [2.05, 4.69) is 0 Å². The molecule has 0 amide bonds. The maximum absolute atomic E-state index is 11.2. The van der Waals surface area contributed by atoms with Gasteiger partial charge in [-0.1, -0.05) is 30.3 Å². The van der Waals surface area contributed by atoms with E-state index in [-0.39, 0.29) is 6.61 Å². The van der Waals surface area contributed by atoms with E-state index in [1.165, 1.54) is 13.8 Å². The summed E-state index contributed by atoms with van der Waals surface area (Å²) in [6.45, 7) is 2.59. The van der Waals surface area contributed by atoms with Crippen LogP contribution in [-0.4, -0.2) is 37.0 Å². The van der Waals surface area contributed by atoms with Crippen LogP contribution in [0.15, 0.2) is 54.6 Å². The number of carbonyl (C=O) groups excluding carboxylic acids is 2. The number of esters is 2. The van der Waals surface area contributed by atoms with Crippen LogP contribution in [0.1, 0.15) is 13.8 Å². The summed E-state index contributed by atoms with van der Waals surface area (Å²) in [6, 6.07) is 13.7. The molecule has 0 unspecified atom stereocenters. The fourth-order valence-corrected chi connectivity index (χ4v) is 2.70. The summed E-state index contributed by atoms with van der Waals surface area (Å²) >= 11 is 0. The molecule has 2 aromatic carbocycles. The van der Waals surface area contributed by atoms with E-state index in [4.69, 9.17) is 18.9 Å². The highest BCUT2D eigenvalue weighted by molar-refractivity contribution is 5.83. The second-order valence-electron chi connectivity index (χ2n) is 5.93. The normalized spacial score (nSPS) is 22.0. The Kier molecular flexibility index (Phi) is 5.53. The van der Waals surface area contributed by atoms with E-state index in [1.54, 1.807) is 12.2 Å². The monoisotopic (exact) mass is 356 g/mol. The lowest BCUT2D eigenvalue weighted by Crippen LogP contribution is -2.42. The van der Waals surface area contributed by atoms with Gasteiger partial charge in [0.2, 0.25) is 6.29 Å². The van der Waals surface area contributed by atoms with E-state index in [0.717, 1.165) is 10.8 Å². The SMILES string of the molecule is CC(=O)OC[C@H]1O[C@H](Oc2ccc3ccccc3c2)C=C[C@@H]1OC(C)=O. The van der Waals surface area contributed by atoms with Crippen LogP contribution < -0.4 is 4.74 Å². The first-order chi connectivity index (χ1) is 12.5. The van der Waals surface area contributed by atoms with Crippen molar-refractivity contribution in [2.24, 2.45) is 0 Å². The minimum Gasteiger partial charge on any atom is -0.463 e. The minimum absolute atomic E-state index is 0.0325. The first-order valence-corrected chi connectivity index (χ1v) is 8.31. The summed E-state index contributed by atoms with van der Waals surface area (Å²) in [6.07, 6.45) is 1.41. The summed E-state index contributed by atoms with van der Waals surface area (Å²) in [7, 11) is 0. The molecule has 0 saturated heterocycles. The fraction of sp³-hybridized carbons (Fsp3) is 0.300. The number of ether oxygens (including phenoxy) is 4. The number of hydrogen-bond donors (Lipinski definition) is 0. The van der Waals surface area contributed by atoms with Crippen molar-refractivity contribution in [3.63, 3.8) is 0 Å². The third-order valence-corrected chi connectivity index (χ3v) is 3.86. The lowest BCUT2D eigenvalue weighted by Gasteiger charge is -2.31. The summed E-state index contributed by atoms with van der Waals surface area (Å²) in [4.78, 5) is 22.3. The summed E-state index contributed by atoms with van der Waals surface area (Å²) in [5, 5.41) is 2.17. The Morgan fingerprint density at radius 1 is 1.00 bits per heavy atom. The van der Waals surface area contributed by atoms with Gasteiger partial charge in [-0.05, 0) is 35.1 Å². The van der Waals surface area contributed by atoms with E-state index >= 15 is 0 Å². The Bertz CT molecular complexity index is 828. The third-order valence-electron chi connectivity index (χ3n) is 3.86. The highest BCUT2D eigenvalue weighted by Gasteiger charge is 2.31. The molecule has 1 aliphatic rings. The van der Waals surface area contributed by atoms with Gasteiger partial charge in [0.25, 0.3) is 0 Å². The quantitative estimate of drug-likeness (QED) is 0.606. The van der Waals surface area contributed by atoms with Crippen LogP contribution in [0.25, 0.3) is 10.8 Å². The molecular formula is C20H20O6. The zero-order valence-electron chi connectivity index (χ0n) is 14.6. The Morgan fingerprint density at radius 2 is 1.77 bits per heavy atom. The second kappa shape index (κ2) is 8.01. The molecule has 0 saturated carbocycles. The lowest BCUT2D eigenvalue weighted by atomic mass is 10.1. The zero-order chi connectivity index (χ0) is 18.5. The van der Waals surface area contributed by atoms with Crippen molar-refractivity contribution in [3.05, 3.63) is 54.6 Å². The fourth-order valence-electron chi connectivity index (χ4n) is 2.70. The molecular weight excluding hydrogens is 336 g/mol. The molecule has 0 aromatic heterocycles. The number of fused-ring (bicyclic) bond motifs is 1. The van der Waals surface area contributed by atoms with Crippen molar-refractivity contribution in [2.45, 2.75) is 32.3 Å². The molecule has 0 spiro atoms. The Labute approximate surface area is 151 Å². The topological polar surface area (TPSA) is 71.1 Å². The Balaban J connectivity index is 1.72. The molecule has 2 aromatic rings. The molecule has 3 atom stereocenters. The molecule has 3 rings (SSSR count). The average Bonchev–Trinajstić information content (AvgIpc) is 2.61. The Hall–Kier alpha value is -2.86. The van der Waals surface area contributed by atoms with E-state index in [1.807, 2.05) is 42.5 Å². The van der Waals surface area contributed by atoms with Gasteiger partial charge in [0.1, 0.15) is 24.6 Å². The van der Waals surface area contributed by atoms with Crippen molar-refractivity contribution < 1.29 is 28.5 Å². The molecule has 0 fully saturated rings. The highest BCUT2D eigenvalue weighted by Crippen LogP contribution is 2.24. The van der Waals surface area contributed by atoms with Crippen LogP contribution in [0.3, 0.4) is 0 Å². The van der Waals surface area contributed by atoms with Gasteiger partial charge in [-0.2, -0.15) is 0 Å². The van der Waals surface area contributed by atoms with Gasteiger partial charge in [0, 0.05) is 13.8 Å². The van der Waals surface area contributed by atoms with E-state index in [9.17, 15) is 9.59 Å². The van der Waals surface area contributed by atoms with Gasteiger partial charge in [0.05, 0.1) is 0 Å². The van der Waals surface area contributed by atoms with Crippen LogP contribution in [-0.2, 0) is 23.8 Å². The molecule has 1 aliphatic heterocycles. The molecule has 6 nitrogen and oxygen atoms in total. The first kappa shape index (κ1) is 17.9. The van der Waals surface area contributed by atoms with Crippen molar-refractivity contribution in [3.8, 4) is 5.75 Å². The number of carbonyl (C=O) groups is 2. The minimum atomic E-state index is -0.677. The second-order valence-corrected chi connectivity index (χ2v) is 5.93. The Morgan fingerprint density at radius 3 is 2.50 bits per heavy atom. The largest absolute Gasteiger partial charge is 0.463 e. The molecule has 26 heavy (non-hydrogen) atoms. The average molecular weight is 356 g/mol. The predicted octanol–water partition coefficient (Wildman–Crippen LogP) is 2.99. The van der Waals surface area contributed by atoms with Gasteiger partial charge >= 0.3 is 11.9 Å². The summed E-state index contributed by atoms with van der Waals surface area (Å²) in [5.41, 5.74) is 0. The number of rotatable bonds is 5. The molecule has 0 aliphatic carbocycles. The van der Waals surface area contributed by atoms with Gasteiger partial charge in [-0.25, -0.2) is 0 Å². The molecule has 1 heterocycles. The molecule has 136 valence electrons. The van der Waals surface area contributed by atoms with Gasteiger partial charge in [-0.15, -0.1) is 0 Å². The maximum Gasteiger partial charge on any atom is 0.303 e. The zero-order valence-corrected chi connectivity index (χ0v) is 14.6. The standard InChI is InChI=1S/C20H20O6/c1-13(21)23-12-19-18(24-14(2)22)9-10-20(26-19)25-17-8-7-15-5-3-4-6-16(15)11-17/h3-11,18-20H,12H2,1-2H3/t18-,19+,20-/m0/s1. The van der Waals surface area contributed by atoms with Gasteiger partial charge in [0.15, 0.2) is 0 Å². The number of benzene rings is 2. The van der Waals surface area contributed by atoms with Crippen molar-refractivity contribution >= 4 is 22.7 Å². The van der Waals surface area contributed by atoms with Crippen LogP contribution in [0.4, 0.5) is 0 Å². The van der Waals surface area contributed by atoms with Crippen LogP contribution in [0.5, 0.6) is 5.75 Å². The third kappa shape index (κ3) is 4.61. The smallest absolute Gasteiger partial charge is 0.303 e. The number of hydrogen-bond acceptors (Lipinski definition) is 6. The van der Waals surface area contributed by atoms with E-state index in [0.29, 0.717) is 5.75 Å². The predicted molar refractivity (Wildman–Crippen MR) is 94.6 cm³/mol. The van der Waals surface area contributed by atoms with Crippen LogP contribution in [0.2, 0.25) is 0 Å². The first-order valence-electron chi connectivity index (χ1n) is 8.31. The van der Waals surface area contributed by atoms with E-state index < -0.39 is 30.4 Å². The highest BCUT2D eigenvalue weighted by atomic mass is 16.7. The van der Waals surface area contributed by atoms with Crippen molar-refractivity contribution in [1.82, 2.24) is 0 Å². The van der Waals surface area contributed by atoms with Gasteiger partial charge in [-0.3, -0.25) is 9.59 Å².